The van der Waals surface area contributed by atoms with Crippen LogP contribution in [-0.2, 0) is 0 Å². The van der Waals surface area contributed by atoms with Crippen molar-refractivity contribution in [2.45, 2.75) is 0 Å². The molecule has 3 aromatic carbocycles. The first-order valence-corrected chi connectivity index (χ1v) is 15.3. The van der Waals surface area contributed by atoms with Gasteiger partial charge in [-0.25, -0.2) is 0 Å². The number of aliphatic imine (C=N–C) groups is 2. The number of rotatable bonds is 4. The number of aromatic hydroxyl groups is 2. The van der Waals surface area contributed by atoms with Crippen molar-refractivity contribution in [1.82, 2.24) is 9.97 Å². The molecule has 0 atom stereocenters. The van der Waals surface area contributed by atoms with E-state index in [9.17, 15) is 10.2 Å². The van der Waals surface area contributed by atoms with Gasteiger partial charge in [0.25, 0.3) is 0 Å². The van der Waals surface area contributed by atoms with E-state index in [2.05, 4.69) is 121 Å². The van der Waals surface area contributed by atoms with Gasteiger partial charge in [-0.05, 0) is 124 Å². The lowest BCUT2D eigenvalue weighted by atomic mass is 10.2. The van der Waals surface area contributed by atoms with Crippen molar-refractivity contribution in [3.8, 4) is 11.5 Å². The molecule has 2 aromatic heterocycles. The number of benzene rings is 3. The Labute approximate surface area is 276 Å². The molecule has 0 spiro atoms. The second-order valence-electron chi connectivity index (χ2n) is 7.79. The van der Waals surface area contributed by atoms with Crippen LogP contribution >= 0.6 is 77.0 Å². The van der Waals surface area contributed by atoms with Crippen LogP contribution in [0.25, 0.3) is 0 Å². The van der Waals surface area contributed by atoms with Crippen LogP contribution in [0.5, 0.6) is 11.5 Å². The smallest absolute Gasteiger partial charge is 0.124 e. The first-order valence-electron chi connectivity index (χ1n) is 11.6. The third-order valence-corrected chi connectivity index (χ3v) is 7.09. The summed E-state index contributed by atoms with van der Waals surface area (Å²) in [5.74, 6) is 0.409. The van der Waals surface area contributed by atoms with Gasteiger partial charge in [0, 0.05) is 52.0 Å². The van der Waals surface area contributed by atoms with Crippen LogP contribution in [0, 0.1) is 7.14 Å². The number of hydrogen-bond donors (Lipinski definition) is 2. The molecule has 0 bridgehead atoms. The van der Waals surface area contributed by atoms with Crippen LogP contribution in [0.3, 0.4) is 0 Å². The van der Waals surface area contributed by atoms with Crippen LogP contribution in [0.1, 0.15) is 11.1 Å². The van der Waals surface area contributed by atoms with Gasteiger partial charge < -0.3 is 10.2 Å². The van der Waals surface area contributed by atoms with Gasteiger partial charge in [-0.15, -0.1) is 0 Å². The summed E-state index contributed by atoms with van der Waals surface area (Å²) in [5.41, 5.74) is 2.83. The van der Waals surface area contributed by atoms with E-state index in [0.717, 1.165) is 20.3 Å². The Morgan fingerprint density at radius 1 is 0.600 bits per heavy atom. The third-order valence-electron chi connectivity index (χ3n) is 4.76. The van der Waals surface area contributed by atoms with E-state index in [1.165, 1.54) is 7.14 Å². The lowest BCUT2D eigenvalue weighted by Gasteiger charge is -1.98. The summed E-state index contributed by atoms with van der Waals surface area (Å²) in [4.78, 5) is 16.3. The summed E-state index contributed by atoms with van der Waals surface area (Å²) in [7, 11) is 0. The predicted octanol–water partition coefficient (Wildman–Crippen LogP) is 9.50. The van der Waals surface area contributed by atoms with Gasteiger partial charge in [0.1, 0.15) is 11.5 Å². The molecule has 0 amide bonds. The monoisotopic (exact) mass is 882 g/mol. The summed E-state index contributed by atoms with van der Waals surface area (Å²) >= 11 is 11.3. The van der Waals surface area contributed by atoms with Gasteiger partial charge in [-0.1, -0.05) is 37.9 Å². The number of pyridine rings is 2. The predicted molar refractivity (Wildman–Crippen MR) is 186 cm³/mol. The molecule has 0 radical (unpaired) electrons. The van der Waals surface area contributed by atoms with E-state index in [1.54, 1.807) is 73.6 Å². The maximum atomic E-state index is 9.59. The van der Waals surface area contributed by atoms with Gasteiger partial charge >= 0.3 is 0 Å². The maximum Gasteiger partial charge on any atom is 0.124 e. The van der Waals surface area contributed by atoms with Crippen molar-refractivity contribution in [1.29, 1.82) is 0 Å². The maximum absolute atomic E-state index is 9.59. The molecule has 0 unspecified atom stereocenters. The molecule has 2 N–H and O–H groups in total. The van der Waals surface area contributed by atoms with Crippen molar-refractivity contribution in [3.05, 3.63) is 137 Å². The highest BCUT2D eigenvalue weighted by atomic mass is 127. The van der Waals surface area contributed by atoms with Gasteiger partial charge in [-0.3, -0.25) is 20.0 Å². The zero-order chi connectivity index (χ0) is 28.7. The standard InChI is InChI=1S/2C12H9BrN2O.C6H4I2/c2*13-10-3-4-12(16)9(6-10)7-15-11-2-1-5-14-8-11;7-5-2-1-3-6(8)4-5/h2*1-8,16H;1-4H. The Balaban J connectivity index is 0.000000175. The Kier molecular flexibility index (Phi) is 13.7. The number of phenolic OH excluding ortho intramolecular Hbond substituents is 2. The van der Waals surface area contributed by atoms with Gasteiger partial charge in [0.05, 0.1) is 23.8 Å². The highest BCUT2D eigenvalue weighted by molar-refractivity contribution is 14.1. The first kappa shape index (κ1) is 31.8. The second kappa shape index (κ2) is 17.2. The molecule has 10 heteroatoms. The third kappa shape index (κ3) is 11.8. The fraction of sp³-hybridized carbons (Fsp3) is 0. The summed E-state index contributed by atoms with van der Waals surface area (Å²) < 4.78 is 4.40. The fourth-order valence-corrected chi connectivity index (χ4v) is 5.31. The molecule has 2 heterocycles. The van der Waals surface area contributed by atoms with E-state index < -0.39 is 0 Å². The second-order valence-corrected chi connectivity index (χ2v) is 12.1. The summed E-state index contributed by atoms with van der Waals surface area (Å²) in [6, 6.07) is 26.1. The van der Waals surface area contributed by atoms with Crippen LogP contribution in [0.4, 0.5) is 11.4 Å². The average molecular weight is 884 g/mol. The lowest BCUT2D eigenvalue weighted by Crippen LogP contribution is -1.82. The van der Waals surface area contributed by atoms with Gasteiger partial charge in [-0.2, -0.15) is 0 Å². The summed E-state index contributed by atoms with van der Waals surface area (Å²) in [6.07, 6.45) is 9.91. The average Bonchev–Trinajstić information content (AvgIpc) is 2.96. The number of aromatic nitrogens is 2. The molecule has 6 nitrogen and oxygen atoms in total. The van der Waals surface area contributed by atoms with E-state index in [1.807, 2.05) is 24.3 Å². The zero-order valence-electron chi connectivity index (χ0n) is 20.7. The highest BCUT2D eigenvalue weighted by Crippen LogP contribution is 2.22. The minimum atomic E-state index is 0.204. The van der Waals surface area contributed by atoms with Crippen LogP contribution in [0.15, 0.2) is 129 Å². The molecule has 5 aromatic rings. The van der Waals surface area contributed by atoms with Crippen molar-refractivity contribution in [2.24, 2.45) is 9.98 Å². The van der Waals surface area contributed by atoms with E-state index in [0.29, 0.717) is 11.1 Å². The van der Waals surface area contributed by atoms with Crippen molar-refractivity contribution < 1.29 is 10.2 Å². The Bertz CT molecular complexity index is 1460. The molecule has 0 aliphatic rings. The topological polar surface area (TPSA) is 91.0 Å². The Morgan fingerprint density at radius 3 is 1.40 bits per heavy atom. The number of phenols is 2. The summed E-state index contributed by atoms with van der Waals surface area (Å²) in [6.45, 7) is 0. The molecule has 0 fully saturated rings. The fourth-order valence-electron chi connectivity index (χ4n) is 2.87. The molecule has 40 heavy (non-hydrogen) atoms. The van der Waals surface area contributed by atoms with Crippen LogP contribution in [0.2, 0.25) is 0 Å². The minimum Gasteiger partial charge on any atom is -0.507 e. The van der Waals surface area contributed by atoms with Crippen LogP contribution in [-0.4, -0.2) is 32.6 Å². The SMILES string of the molecule is Ic1cccc(I)c1.Oc1ccc(Br)cc1C=Nc1cccnc1.Oc1ccc(Br)cc1C=Nc1cccnc1. The Hall–Kier alpha value is -2.68. The number of halogens is 4. The summed E-state index contributed by atoms with van der Waals surface area (Å²) in [5, 5.41) is 19.2. The van der Waals surface area contributed by atoms with E-state index in [4.69, 9.17) is 0 Å². The van der Waals surface area contributed by atoms with Gasteiger partial charge in [0.15, 0.2) is 0 Å². The van der Waals surface area contributed by atoms with E-state index in [-0.39, 0.29) is 11.5 Å². The molecular weight excluding hydrogens is 862 g/mol. The number of hydrogen-bond acceptors (Lipinski definition) is 6. The largest absolute Gasteiger partial charge is 0.507 e. The molecule has 0 aliphatic carbocycles. The Morgan fingerprint density at radius 2 is 1.05 bits per heavy atom. The minimum absolute atomic E-state index is 0.204. The molecular formula is C30H22Br2I2N4O2. The molecule has 5 rings (SSSR count). The molecule has 202 valence electrons. The van der Waals surface area contributed by atoms with Gasteiger partial charge in [0.2, 0.25) is 0 Å². The quantitative estimate of drug-likeness (QED) is 0.139. The van der Waals surface area contributed by atoms with Crippen LogP contribution < -0.4 is 0 Å². The molecule has 0 aliphatic heterocycles. The normalized spacial score (nSPS) is 10.5. The van der Waals surface area contributed by atoms with Crippen molar-refractivity contribution >= 4 is 101 Å². The van der Waals surface area contributed by atoms with Crippen molar-refractivity contribution in [3.63, 3.8) is 0 Å². The highest BCUT2D eigenvalue weighted by Gasteiger charge is 1.99. The molecule has 0 saturated heterocycles. The van der Waals surface area contributed by atoms with E-state index >= 15 is 0 Å². The zero-order valence-corrected chi connectivity index (χ0v) is 28.2. The first-order chi connectivity index (χ1) is 19.3. The lowest BCUT2D eigenvalue weighted by molar-refractivity contribution is 0.474. The molecule has 0 saturated carbocycles. The van der Waals surface area contributed by atoms with Crippen molar-refractivity contribution in [2.75, 3.05) is 0 Å². The number of nitrogens with zero attached hydrogens (tertiary/aromatic N) is 4.